The van der Waals surface area contributed by atoms with Gasteiger partial charge in [-0.15, -0.1) is 70.6 Å². The summed E-state index contributed by atoms with van der Waals surface area (Å²) in [6.07, 6.45) is 25.1. The lowest BCUT2D eigenvalue weighted by Crippen LogP contribution is -2.54. The van der Waals surface area contributed by atoms with Crippen LogP contribution in [0.1, 0.15) is 169 Å². The number of hydrogen-bond donors (Lipinski definition) is 5. The van der Waals surface area contributed by atoms with Gasteiger partial charge in [-0.1, -0.05) is 27.7 Å². The fraction of sp³-hybridized carbons (Fsp3) is 0.914. The molecule has 15 aliphatic heterocycles. The SMILES string of the molecule is C1CCNC1.CCC1SC2(CCN(C)CC2)N(CN2CCCC2)C1=O.CCC1SC2(CCN(C)CC2)NC1=O.CCC1SC2(CCN(C)CC2)NC1=O.CC[C@@H]1SC2(CCN(C)CC2)NC1=O.CN1CCC2(CC1)NC(=O)CS2.CN1CCC2(CC1)SCC(=O)N2CN1CCCC1. The quantitative estimate of drug-likeness (QED) is 0.173. The van der Waals surface area contributed by atoms with Gasteiger partial charge < -0.3 is 65.8 Å². The molecule has 15 aliphatic rings. The Hall–Kier alpha value is -1.44. The molecule has 6 spiro atoms. The van der Waals surface area contributed by atoms with Crippen LogP contribution in [-0.4, -0.2) is 320 Å². The number of amides is 6. The number of nitrogens with zero attached hydrogens (tertiary/aromatic N) is 10. The van der Waals surface area contributed by atoms with E-state index in [-0.39, 0.29) is 73.9 Å². The molecule has 15 rings (SSSR count). The molecular formula is C70H127N15O6S6. The molecule has 15 heterocycles. The van der Waals surface area contributed by atoms with E-state index in [4.69, 9.17) is 0 Å². The molecule has 27 heteroatoms. The van der Waals surface area contributed by atoms with E-state index in [1.54, 1.807) is 11.8 Å². The summed E-state index contributed by atoms with van der Waals surface area (Å²) in [4.78, 5) is 94.8. The topological polar surface area (TPSA) is 195 Å². The average molecular weight is 1470 g/mol. The predicted molar refractivity (Wildman–Crippen MR) is 408 cm³/mol. The summed E-state index contributed by atoms with van der Waals surface area (Å²) in [5, 5.41) is 16.6. The molecule has 3 unspecified atom stereocenters. The van der Waals surface area contributed by atoms with Gasteiger partial charge in [-0.25, -0.2) is 0 Å². The lowest BCUT2D eigenvalue weighted by molar-refractivity contribution is -0.136. The third-order valence-corrected chi connectivity index (χ3v) is 33.1. The molecule has 0 aromatic heterocycles. The summed E-state index contributed by atoms with van der Waals surface area (Å²) in [5.41, 5.74) is 0. The van der Waals surface area contributed by atoms with Crippen molar-refractivity contribution in [2.75, 3.05) is 185 Å². The van der Waals surface area contributed by atoms with Gasteiger partial charge in [-0.05, 0) is 223 Å². The Morgan fingerprint density at radius 3 is 0.990 bits per heavy atom. The van der Waals surface area contributed by atoms with Crippen LogP contribution in [0.5, 0.6) is 0 Å². The first kappa shape index (κ1) is 79.7. The van der Waals surface area contributed by atoms with E-state index in [1.165, 1.54) is 77.8 Å². The first-order chi connectivity index (χ1) is 46.5. The van der Waals surface area contributed by atoms with Crippen LogP contribution in [0.3, 0.4) is 0 Å². The number of nitrogens with one attached hydrogen (secondary N) is 5. The smallest absolute Gasteiger partial charge is 0.237 e. The molecule has 6 amide bonds. The Morgan fingerprint density at radius 1 is 0.351 bits per heavy atom. The fourth-order valence-corrected chi connectivity index (χ4v) is 24.3. The molecule has 0 aliphatic carbocycles. The highest BCUT2D eigenvalue weighted by Crippen LogP contribution is 2.50. The van der Waals surface area contributed by atoms with E-state index in [9.17, 15) is 28.8 Å². The summed E-state index contributed by atoms with van der Waals surface area (Å²) in [6, 6.07) is 0. The van der Waals surface area contributed by atoms with Crippen LogP contribution in [0.2, 0.25) is 0 Å². The van der Waals surface area contributed by atoms with Gasteiger partial charge in [0.15, 0.2) is 0 Å². The molecule has 0 saturated carbocycles. The van der Waals surface area contributed by atoms with Crippen molar-refractivity contribution in [1.29, 1.82) is 0 Å². The number of carbonyl (C=O) groups is 6. The molecular weight excluding hydrogens is 1340 g/mol. The summed E-state index contributed by atoms with van der Waals surface area (Å²) in [7, 11) is 12.9. The molecule has 15 saturated heterocycles. The largest absolute Gasteiger partial charge is 0.341 e. The molecule has 0 aromatic carbocycles. The van der Waals surface area contributed by atoms with Gasteiger partial charge >= 0.3 is 0 Å². The molecule has 554 valence electrons. The summed E-state index contributed by atoms with van der Waals surface area (Å²) in [5.74, 6) is 3.07. The van der Waals surface area contributed by atoms with E-state index >= 15 is 0 Å². The van der Waals surface area contributed by atoms with Crippen LogP contribution in [0.25, 0.3) is 0 Å². The number of rotatable bonds is 8. The predicted octanol–water partition coefficient (Wildman–Crippen LogP) is 6.64. The van der Waals surface area contributed by atoms with E-state index in [2.05, 4.69) is 146 Å². The summed E-state index contributed by atoms with van der Waals surface area (Å²) < 4.78 is 0. The highest BCUT2D eigenvalue weighted by molar-refractivity contribution is 8.03. The van der Waals surface area contributed by atoms with Gasteiger partial charge in [0.25, 0.3) is 0 Å². The minimum Gasteiger partial charge on any atom is -0.341 e. The number of hydrogen-bond acceptors (Lipinski definition) is 21. The Kier molecular flexibility index (Phi) is 30.4. The monoisotopic (exact) mass is 1470 g/mol. The maximum atomic E-state index is 12.7. The molecule has 0 aromatic rings. The van der Waals surface area contributed by atoms with Crippen LogP contribution >= 0.6 is 70.6 Å². The van der Waals surface area contributed by atoms with Crippen molar-refractivity contribution in [2.45, 2.75) is 219 Å². The van der Waals surface area contributed by atoms with Gasteiger partial charge in [0, 0.05) is 78.5 Å². The Balaban J connectivity index is 0.000000135. The van der Waals surface area contributed by atoms with Crippen molar-refractivity contribution in [1.82, 2.24) is 75.6 Å². The zero-order chi connectivity index (χ0) is 69.4. The third kappa shape index (κ3) is 21.6. The Bertz CT molecular complexity index is 2400. The third-order valence-electron chi connectivity index (χ3n) is 22.8. The van der Waals surface area contributed by atoms with E-state index in [0.717, 1.165) is 195 Å². The standard InChI is InChI=1S/C15H27N3OS.C13H23N3OS.3C10H18N2OS.C8H14N2OS.C4H9N/c1-3-13-14(19)18(12-17-8-4-5-9-17)15(20-13)6-10-16(2)11-7-15;1-14-8-4-13(5-9-14)16(12(17)10-18-13)11-15-6-2-3-7-15;3*1-3-8-9(13)11-10(14-8)4-6-12(2)7-5-10;1-10-4-2-8(3-5-10)9-7(11)6-12-8;1-2-4-5-3-1/h13H,3-12H2,1-2H3;2-11H2,1H3;3*8H,3-7H2,1-2H3,(H,11,13);2-6H2,1H3,(H,9,11);5H,1-4H2/t;;8-;;;;/m..0..../s1. The summed E-state index contributed by atoms with van der Waals surface area (Å²) >= 11 is 11.2. The second-order valence-corrected chi connectivity index (χ2v) is 39.3. The summed E-state index contributed by atoms with van der Waals surface area (Å²) in [6.45, 7) is 30.6. The van der Waals surface area contributed by atoms with Gasteiger partial charge in [-0.2, -0.15) is 0 Å². The molecule has 0 bridgehead atoms. The first-order valence-electron chi connectivity index (χ1n) is 37.6. The maximum absolute atomic E-state index is 12.7. The number of carbonyl (C=O) groups excluding carboxylic acids is 6. The number of piperidine rings is 6. The second-order valence-electron chi connectivity index (χ2n) is 30.3. The second kappa shape index (κ2) is 37.0. The zero-order valence-corrected chi connectivity index (χ0v) is 66.2. The molecule has 5 N–H and O–H groups in total. The van der Waals surface area contributed by atoms with Gasteiger partial charge in [-0.3, -0.25) is 38.6 Å². The lowest BCUT2D eigenvalue weighted by Gasteiger charge is -2.44. The van der Waals surface area contributed by atoms with Crippen molar-refractivity contribution in [3.63, 3.8) is 0 Å². The van der Waals surface area contributed by atoms with Crippen LogP contribution < -0.4 is 26.6 Å². The van der Waals surface area contributed by atoms with Crippen molar-refractivity contribution in [3.05, 3.63) is 0 Å². The minimum absolute atomic E-state index is 0.0737. The number of thioether (sulfide) groups is 6. The van der Waals surface area contributed by atoms with Crippen LogP contribution in [-0.2, 0) is 28.8 Å². The van der Waals surface area contributed by atoms with E-state index in [0.29, 0.717) is 23.3 Å². The number of likely N-dealkylation sites (tertiary alicyclic amines) is 8. The molecule has 4 atom stereocenters. The average Bonchev–Trinajstić information content (AvgIpc) is 1.79. The van der Waals surface area contributed by atoms with Crippen LogP contribution in [0.4, 0.5) is 0 Å². The van der Waals surface area contributed by atoms with Crippen LogP contribution in [0.15, 0.2) is 0 Å². The van der Waals surface area contributed by atoms with Crippen molar-refractivity contribution >= 4 is 106 Å². The molecule has 15 fully saturated rings. The molecule has 21 nitrogen and oxygen atoms in total. The zero-order valence-electron chi connectivity index (χ0n) is 61.3. The van der Waals surface area contributed by atoms with Crippen molar-refractivity contribution in [2.24, 2.45) is 0 Å². The van der Waals surface area contributed by atoms with Gasteiger partial charge in [0.1, 0.15) is 0 Å². The highest BCUT2D eigenvalue weighted by atomic mass is 32.2. The lowest BCUT2D eigenvalue weighted by atomic mass is 10.0. The first-order valence-corrected chi connectivity index (χ1v) is 43.1. The Morgan fingerprint density at radius 2 is 0.680 bits per heavy atom. The van der Waals surface area contributed by atoms with Gasteiger partial charge in [0.05, 0.1) is 75.1 Å². The van der Waals surface area contributed by atoms with E-state index in [1.807, 2.05) is 58.8 Å². The minimum atomic E-state index is 0.0737. The maximum Gasteiger partial charge on any atom is 0.237 e. The fourth-order valence-electron chi connectivity index (χ4n) is 15.8. The van der Waals surface area contributed by atoms with Crippen LogP contribution in [0, 0.1) is 0 Å². The van der Waals surface area contributed by atoms with E-state index < -0.39 is 0 Å². The highest BCUT2D eigenvalue weighted by Gasteiger charge is 2.54. The van der Waals surface area contributed by atoms with Crippen molar-refractivity contribution in [3.8, 4) is 0 Å². The normalized spacial score (nSPS) is 30.8. The Labute approximate surface area is 610 Å². The van der Waals surface area contributed by atoms with Gasteiger partial charge in [0.2, 0.25) is 35.4 Å². The van der Waals surface area contributed by atoms with Crippen molar-refractivity contribution < 1.29 is 28.8 Å². The molecule has 97 heavy (non-hydrogen) atoms. The molecule has 0 radical (unpaired) electrons.